The molecule has 0 fully saturated rings. The van der Waals surface area contributed by atoms with Crippen LogP contribution in [0.4, 0.5) is 0 Å². The van der Waals surface area contributed by atoms with Gasteiger partial charge in [0.05, 0.1) is 14.2 Å². The monoisotopic (exact) mass is 440 g/mol. The molecule has 2 aromatic carbocycles. The Morgan fingerprint density at radius 1 is 0.690 bits per heavy atom. The van der Waals surface area contributed by atoms with E-state index in [1.165, 1.54) is 30.4 Å². The van der Waals surface area contributed by atoms with Crippen molar-refractivity contribution in [1.82, 2.24) is 10.6 Å². The van der Waals surface area contributed by atoms with E-state index in [0.29, 0.717) is 0 Å². The van der Waals surface area contributed by atoms with Crippen molar-refractivity contribution in [3.05, 3.63) is 58.6 Å². The summed E-state index contributed by atoms with van der Waals surface area (Å²) in [5, 5.41) is 7.84. The van der Waals surface area contributed by atoms with Gasteiger partial charge in [0.1, 0.15) is 0 Å². The molecule has 0 aliphatic rings. The Hall–Kier alpha value is -1.46. The van der Waals surface area contributed by atoms with Gasteiger partial charge < -0.3 is 20.1 Å². The van der Waals surface area contributed by atoms with Crippen LogP contribution >= 0.6 is 24.0 Å². The lowest BCUT2D eigenvalue weighted by Crippen LogP contribution is -2.20. The van der Waals surface area contributed by atoms with Crippen molar-refractivity contribution in [2.45, 2.75) is 32.1 Å². The Morgan fingerprint density at radius 3 is 1.83 bits per heavy atom. The highest BCUT2D eigenvalue weighted by Crippen LogP contribution is 2.27. The molecule has 0 amide bonds. The average molecular weight is 441 g/mol. The summed E-state index contributed by atoms with van der Waals surface area (Å²) in [5.74, 6) is 1.57. The fourth-order valence-electron chi connectivity index (χ4n) is 3.08. The number of ether oxygens (including phenoxy) is 2. The molecule has 0 aliphatic heterocycles. The van der Waals surface area contributed by atoms with E-state index in [0.717, 1.165) is 55.5 Å². The highest BCUT2D eigenvalue weighted by Gasteiger charge is 2.04. The summed E-state index contributed by atoms with van der Waals surface area (Å²) >= 11 is 5.90. The lowest BCUT2D eigenvalue weighted by Gasteiger charge is -2.10. The van der Waals surface area contributed by atoms with E-state index < -0.39 is 0 Å². The number of hydrogen-bond donors (Lipinski definition) is 2. The highest BCUT2D eigenvalue weighted by atomic mass is 35.5. The number of hydrogen-bond acceptors (Lipinski definition) is 4. The molecule has 0 radical (unpaired) electrons. The molecule has 2 aromatic rings. The van der Waals surface area contributed by atoms with Crippen LogP contribution < -0.4 is 20.1 Å². The molecule has 0 unspecified atom stereocenters. The largest absolute Gasteiger partial charge is 0.493 e. The van der Waals surface area contributed by atoms with Crippen LogP contribution in [0.25, 0.3) is 0 Å². The summed E-state index contributed by atoms with van der Waals surface area (Å²) in [5.41, 5.74) is 2.59. The number of rotatable bonds is 14. The number of unbranched alkanes of at least 4 members (excludes halogenated alkanes) is 2. The summed E-state index contributed by atoms with van der Waals surface area (Å²) in [6, 6.07) is 14.2. The van der Waals surface area contributed by atoms with Crippen LogP contribution in [0.2, 0.25) is 5.02 Å². The second-order valence-electron chi connectivity index (χ2n) is 6.88. The van der Waals surface area contributed by atoms with E-state index in [1.54, 1.807) is 14.2 Å². The van der Waals surface area contributed by atoms with Gasteiger partial charge in [-0.3, -0.25) is 0 Å². The summed E-state index contributed by atoms with van der Waals surface area (Å²) in [7, 11) is 3.33. The SMILES string of the molecule is COc1ccc(CCNCCCCCNCCc2ccc(Cl)cc2)cc1OC.Cl. The third kappa shape index (κ3) is 10.2. The average Bonchev–Trinajstić information content (AvgIpc) is 2.73. The summed E-state index contributed by atoms with van der Waals surface area (Å²) in [6.07, 6.45) is 5.72. The molecule has 4 nitrogen and oxygen atoms in total. The Kier molecular flexibility index (Phi) is 13.6. The smallest absolute Gasteiger partial charge is 0.160 e. The van der Waals surface area contributed by atoms with Gasteiger partial charge in [-0.1, -0.05) is 36.2 Å². The van der Waals surface area contributed by atoms with Gasteiger partial charge in [0, 0.05) is 5.02 Å². The van der Waals surface area contributed by atoms with E-state index >= 15 is 0 Å². The normalized spacial score (nSPS) is 10.4. The fraction of sp³-hybridized carbons (Fsp3) is 0.478. The Labute approximate surface area is 186 Å². The highest BCUT2D eigenvalue weighted by molar-refractivity contribution is 6.30. The first-order chi connectivity index (χ1) is 13.7. The van der Waals surface area contributed by atoms with Gasteiger partial charge in [0.2, 0.25) is 0 Å². The van der Waals surface area contributed by atoms with Gasteiger partial charge in [-0.05, 0) is 87.3 Å². The Balaban J connectivity index is 0.00000420. The molecule has 0 heterocycles. The van der Waals surface area contributed by atoms with E-state index in [2.05, 4.69) is 34.9 Å². The maximum atomic E-state index is 5.90. The van der Waals surface area contributed by atoms with Gasteiger partial charge >= 0.3 is 0 Å². The van der Waals surface area contributed by atoms with Crippen molar-refractivity contribution < 1.29 is 9.47 Å². The van der Waals surface area contributed by atoms with Crippen molar-refractivity contribution in [2.75, 3.05) is 40.4 Å². The number of benzene rings is 2. The second kappa shape index (κ2) is 15.4. The van der Waals surface area contributed by atoms with Crippen LogP contribution in [-0.2, 0) is 12.8 Å². The van der Waals surface area contributed by atoms with E-state index in [9.17, 15) is 0 Å². The zero-order valence-corrected chi connectivity index (χ0v) is 19.1. The van der Waals surface area contributed by atoms with Crippen molar-refractivity contribution in [3.63, 3.8) is 0 Å². The van der Waals surface area contributed by atoms with Crippen molar-refractivity contribution in [3.8, 4) is 11.5 Å². The van der Waals surface area contributed by atoms with Gasteiger partial charge in [-0.2, -0.15) is 0 Å². The topological polar surface area (TPSA) is 42.5 Å². The van der Waals surface area contributed by atoms with Crippen molar-refractivity contribution >= 4 is 24.0 Å². The van der Waals surface area contributed by atoms with Gasteiger partial charge in [-0.15, -0.1) is 12.4 Å². The molecule has 6 heteroatoms. The summed E-state index contributed by atoms with van der Waals surface area (Å²) < 4.78 is 10.6. The maximum absolute atomic E-state index is 5.90. The minimum absolute atomic E-state index is 0. The van der Waals surface area contributed by atoms with Crippen LogP contribution in [0.15, 0.2) is 42.5 Å². The standard InChI is InChI=1S/C23H33ClN2O2.ClH/c1-27-22-11-8-20(18-23(22)28-2)13-17-26-15-5-3-4-14-25-16-12-19-6-9-21(24)10-7-19;/h6-11,18,25-26H,3-5,12-17H2,1-2H3;1H. The van der Waals surface area contributed by atoms with Crippen LogP contribution in [-0.4, -0.2) is 40.4 Å². The third-order valence-corrected chi connectivity index (χ3v) is 5.00. The molecule has 162 valence electrons. The molecule has 2 rings (SSSR count). The summed E-state index contributed by atoms with van der Waals surface area (Å²) in [4.78, 5) is 0. The molecule has 0 bridgehead atoms. The first-order valence-corrected chi connectivity index (χ1v) is 10.5. The molecule has 0 spiro atoms. The van der Waals surface area contributed by atoms with E-state index in [4.69, 9.17) is 21.1 Å². The van der Waals surface area contributed by atoms with Crippen molar-refractivity contribution in [2.24, 2.45) is 0 Å². The quantitative estimate of drug-likeness (QED) is 0.409. The molecule has 0 saturated heterocycles. The van der Waals surface area contributed by atoms with Gasteiger partial charge in [0.15, 0.2) is 11.5 Å². The molecule has 2 N–H and O–H groups in total. The van der Waals surface area contributed by atoms with Crippen molar-refractivity contribution in [1.29, 1.82) is 0 Å². The van der Waals surface area contributed by atoms with Gasteiger partial charge in [0.25, 0.3) is 0 Å². The number of methoxy groups -OCH3 is 2. The number of halogens is 2. The zero-order valence-electron chi connectivity index (χ0n) is 17.5. The fourth-order valence-corrected chi connectivity index (χ4v) is 3.21. The minimum Gasteiger partial charge on any atom is -0.493 e. The second-order valence-corrected chi connectivity index (χ2v) is 7.31. The molecule has 0 aliphatic carbocycles. The van der Waals surface area contributed by atoms with E-state index in [1.807, 2.05) is 18.2 Å². The maximum Gasteiger partial charge on any atom is 0.160 e. The predicted octanol–water partition coefficient (Wildman–Crippen LogP) is 4.91. The minimum atomic E-state index is 0. The van der Waals surface area contributed by atoms with Crippen LogP contribution in [0.5, 0.6) is 11.5 Å². The van der Waals surface area contributed by atoms with E-state index in [-0.39, 0.29) is 12.4 Å². The third-order valence-electron chi connectivity index (χ3n) is 4.75. The lowest BCUT2D eigenvalue weighted by atomic mass is 10.1. The Morgan fingerprint density at radius 2 is 1.24 bits per heavy atom. The summed E-state index contributed by atoms with van der Waals surface area (Å²) in [6.45, 7) is 4.15. The predicted molar refractivity (Wildman–Crippen MR) is 125 cm³/mol. The molecule has 0 aromatic heterocycles. The molecular weight excluding hydrogens is 407 g/mol. The molecule has 29 heavy (non-hydrogen) atoms. The van der Waals surface area contributed by atoms with Crippen LogP contribution in [0.3, 0.4) is 0 Å². The molecular formula is C23H34Cl2N2O2. The Bertz CT molecular complexity index is 681. The molecule has 0 atom stereocenters. The first kappa shape index (κ1) is 25.6. The first-order valence-electron chi connectivity index (χ1n) is 10.1. The van der Waals surface area contributed by atoms with Crippen LogP contribution in [0, 0.1) is 0 Å². The van der Waals surface area contributed by atoms with Gasteiger partial charge in [-0.25, -0.2) is 0 Å². The number of nitrogens with one attached hydrogen (secondary N) is 2. The molecule has 0 saturated carbocycles. The van der Waals surface area contributed by atoms with Crippen LogP contribution in [0.1, 0.15) is 30.4 Å². The zero-order chi connectivity index (χ0) is 20.0. The lowest BCUT2D eigenvalue weighted by molar-refractivity contribution is 0.354.